The highest BCUT2D eigenvalue weighted by Gasteiger charge is 2.35. The topological polar surface area (TPSA) is 119 Å². The summed E-state index contributed by atoms with van der Waals surface area (Å²) >= 11 is 0. The molecule has 2 aromatic rings. The van der Waals surface area contributed by atoms with E-state index in [0.29, 0.717) is 35.8 Å². The minimum absolute atomic E-state index is 0.00213. The van der Waals surface area contributed by atoms with Crippen LogP contribution in [0, 0.1) is 0 Å². The van der Waals surface area contributed by atoms with Crippen molar-refractivity contribution in [2.45, 2.75) is 70.9 Å². The number of nitrogens with one attached hydrogen (secondary N) is 1. The van der Waals surface area contributed by atoms with Crippen LogP contribution in [-0.4, -0.2) is 105 Å². The van der Waals surface area contributed by atoms with Crippen LogP contribution in [-0.2, 0) is 27.2 Å². The zero-order chi connectivity index (χ0) is 32.9. The number of carbonyl (C=O) groups excluding carboxylic acids is 3. The predicted octanol–water partition coefficient (Wildman–Crippen LogP) is 3.45. The Morgan fingerprint density at radius 3 is 2.07 bits per heavy atom. The van der Waals surface area contributed by atoms with E-state index in [9.17, 15) is 14.4 Å². The van der Waals surface area contributed by atoms with E-state index >= 15 is 0 Å². The predicted molar refractivity (Wildman–Crippen MR) is 168 cm³/mol. The number of carbonyl (C=O) groups is 3. The third-order valence-electron chi connectivity index (χ3n) is 8.17. The molecule has 0 aromatic heterocycles. The van der Waals surface area contributed by atoms with Crippen molar-refractivity contribution in [2.75, 3.05) is 48.1 Å². The minimum Gasteiger partial charge on any atom is -0.454 e. The standard InChI is InChI=1S/C33H46N4O8/c1-21(36(7)29(38)18-34-5)13-24-10-12-26-28(16-24)44-31(43-26)17-33(3,4)45-32(40)35(6)19-30(39)37(8)22(2)14-23-9-11-25-27(15-23)42-20-41-25/h9-12,15-16,21-22,31,34H,13-14,17-20H2,1-8H3. The Morgan fingerprint density at radius 1 is 0.867 bits per heavy atom. The smallest absolute Gasteiger partial charge is 0.410 e. The maximum absolute atomic E-state index is 13.0. The molecule has 0 aliphatic carbocycles. The molecule has 2 aliphatic heterocycles. The van der Waals surface area contributed by atoms with Crippen molar-refractivity contribution >= 4 is 17.9 Å². The molecule has 2 aromatic carbocycles. The van der Waals surface area contributed by atoms with E-state index in [2.05, 4.69) is 5.32 Å². The Morgan fingerprint density at radius 2 is 1.42 bits per heavy atom. The monoisotopic (exact) mass is 626 g/mol. The first-order valence-electron chi connectivity index (χ1n) is 15.2. The summed E-state index contributed by atoms with van der Waals surface area (Å²) in [7, 11) is 6.81. The molecule has 0 bridgehead atoms. The molecule has 3 amide bonds. The number of amides is 3. The Hall–Kier alpha value is -4.19. The zero-order valence-corrected chi connectivity index (χ0v) is 27.5. The van der Waals surface area contributed by atoms with Crippen molar-refractivity contribution < 1.29 is 38.1 Å². The van der Waals surface area contributed by atoms with Crippen LogP contribution in [0.5, 0.6) is 23.0 Å². The number of ether oxygens (including phenoxy) is 5. The van der Waals surface area contributed by atoms with E-state index in [1.165, 1.54) is 11.9 Å². The molecule has 2 heterocycles. The average molecular weight is 627 g/mol. The van der Waals surface area contributed by atoms with Gasteiger partial charge in [0.15, 0.2) is 23.0 Å². The van der Waals surface area contributed by atoms with Gasteiger partial charge in [-0.25, -0.2) is 4.79 Å². The van der Waals surface area contributed by atoms with Gasteiger partial charge >= 0.3 is 6.09 Å². The van der Waals surface area contributed by atoms with Crippen molar-refractivity contribution in [3.63, 3.8) is 0 Å². The van der Waals surface area contributed by atoms with E-state index < -0.39 is 18.0 Å². The molecule has 0 saturated heterocycles. The third kappa shape index (κ3) is 8.72. The second kappa shape index (κ2) is 14.3. The molecule has 2 aliphatic rings. The van der Waals surface area contributed by atoms with Gasteiger partial charge in [-0.05, 0) is 83.0 Å². The summed E-state index contributed by atoms with van der Waals surface area (Å²) in [4.78, 5) is 42.8. The maximum Gasteiger partial charge on any atom is 0.410 e. The van der Waals surface area contributed by atoms with Crippen LogP contribution in [0.25, 0.3) is 0 Å². The van der Waals surface area contributed by atoms with Crippen molar-refractivity contribution in [1.29, 1.82) is 0 Å². The van der Waals surface area contributed by atoms with E-state index in [1.807, 2.05) is 50.2 Å². The average Bonchev–Trinajstić information content (AvgIpc) is 3.61. The molecule has 12 nitrogen and oxygen atoms in total. The molecule has 3 unspecified atom stereocenters. The number of fused-ring (bicyclic) bond motifs is 2. The summed E-state index contributed by atoms with van der Waals surface area (Å²) < 4.78 is 28.6. The highest BCUT2D eigenvalue weighted by Crippen LogP contribution is 2.38. The lowest BCUT2D eigenvalue weighted by Crippen LogP contribution is -2.45. The van der Waals surface area contributed by atoms with Crippen molar-refractivity contribution in [2.24, 2.45) is 0 Å². The second-order valence-electron chi connectivity index (χ2n) is 12.5. The first kappa shape index (κ1) is 33.7. The Kier molecular flexibility index (Phi) is 10.7. The molecule has 0 fully saturated rings. The maximum atomic E-state index is 13.0. The lowest BCUT2D eigenvalue weighted by atomic mass is 10.1. The van der Waals surface area contributed by atoms with Gasteiger partial charge in [0, 0.05) is 33.2 Å². The number of likely N-dealkylation sites (N-methyl/N-ethyl adjacent to an activating group) is 4. The molecule has 3 atom stereocenters. The quantitative estimate of drug-likeness (QED) is 0.357. The summed E-state index contributed by atoms with van der Waals surface area (Å²) in [5, 5.41) is 2.89. The molecule has 0 spiro atoms. The first-order valence-corrected chi connectivity index (χ1v) is 15.2. The highest BCUT2D eigenvalue weighted by molar-refractivity contribution is 5.82. The fourth-order valence-electron chi connectivity index (χ4n) is 5.19. The largest absolute Gasteiger partial charge is 0.454 e. The minimum atomic E-state index is -0.937. The SMILES string of the molecule is CNCC(=O)N(C)C(C)Cc1ccc2c(c1)OC(CC(C)(C)OC(=O)N(C)CC(=O)N(C)C(C)Cc1ccc3c(c1)OCO3)O2. The molecular weight excluding hydrogens is 580 g/mol. The molecule has 246 valence electrons. The van der Waals surface area contributed by atoms with Gasteiger partial charge in [-0.2, -0.15) is 0 Å². The van der Waals surface area contributed by atoms with Crippen LogP contribution in [0.1, 0.15) is 45.2 Å². The number of nitrogens with zero attached hydrogens (tertiary/aromatic N) is 3. The number of hydrogen-bond acceptors (Lipinski definition) is 9. The van der Waals surface area contributed by atoms with E-state index in [4.69, 9.17) is 23.7 Å². The summed E-state index contributed by atoms with van der Waals surface area (Å²) in [6.07, 6.45) is 0.291. The zero-order valence-electron chi connectivity index (χ0n) is 27.5. The third-order valence-corrected chi connectivity index (χ3v) is 8.17. The summed E-state index contributed by atoms with van der Waals surface area (Å²) in [5.41, 5.74) is 1.10. The van der Waals surface area contributed by atoms with E-state index in [1.54, 1.807) is 44.8 Å². The Labute approximate surface area is 265 Å². The van der Waals surface area contributed by atoms with Gasteiger partial charge in [0.25, 0.3) is 0 Å². The van der Waals surface area contributed by atoms with Crippen LogP contribution in [0.4, 0.5) is 4.79 Å². The lowest BCUT2D eigenvalue weighted by Gasteiger charge is -2.31. The first-order chi connectivity index (χ1) is 21.3. The molecule has 1 N–H and O–H groups in total. The fraction of sp³-hybridized carbons (Fsp3) is 0.545. The van der Waals surface area contributed by atoms with Gasteiger partial charge in [-0.3, -0.25) is 9.59 Å². The summed E-state index contributed by atoms with van der Waals surface area (Å²) in [6.45, 7) is 7.88. The number of benzene rings is 2. The van der Waals surface area contributed by atoms with Gasteiger partial charge in [-0.1, -0.05) is 12.1 Å². The van der Waals surface area contributed by atoms with Gasteiger partial charge < -0.3 is 43.7 Å². The molecule has 45 heavy (non-hydrogen) atoms. The number of hydrogen-bond donors (Lipinski definition) is 1. The van der Waals surface area contributed by atoms with Crippen molar-refractivity contribution in [3.8, 4) is 23.0 Å². The molecule has 12 heteroatoms. The molecule has 0 saturated carbocycles. The Balaban J connectivity index is 1.24. The van der Waals surface area contributed by atoms with Crippen molar-refractivity contribution in [3.05, 3.63) is 47.5 Å². The fourth-order valence-corrected chi connectivity index (χ4v) is 5.19. The lowest BCUT2D eigenvalue weighted by molar-refractivity contribution is -0.133. The van der Waals surface area contributed by atoms with Crippen LogP contribution in [0.3, 0.4) is 0 Å². The van der Waals surface area contributed by atoms with Crippen LogP contribution in [0.15, 0.2) is 36.4 Å². The molecular formula is C33H46N4O8. The van der Waals surface area contributed by atoms with E-state index in [0.717, 1.165) is 11.1 Å². The van der Waals surface area contributed by atoms with Gasteiger partial charge in [0.1, 0.15) is 12.1 Å². The van der Waals surface area contributed by atoms with Crippen LogP contribution >= 0.6 is 0 Å². The van der Waals surface area contributed by atoms with E-state index in [-0.39, 0.29) is 50.2 Å². The van der Waals surface area contributed by atoms with Gasteiger partial charge in [0.05, 0.1) is 13.0 Å². The summed E-state index contributed by atoms with van der Waals surface area (Å²) in [5.74, 6) is 2.45. The second-order valence-corrected chi connectivity index (χ2v) is 12.5. The Bertz CT molecular complexity index is 1380. The molecule has 0 radical (unpaired) electrons. The number of rotatable bonds is 13. The highest BCUT2D eigenvalue weighted by atomic mass is 16.7. The van der Waals surface area contributed by atoms with Crippen molar-refractivity contribution in [1.82, 2.24) is 20.0 Å². The van der Waals surface area contributed by atoms with Crippen LogP contribution in [0.2, 0.25) is 0 Å². The van der Waals surface area contributed by atoms with Gasteiger partial charge in [0.2, 0.25) is 24.9 Å². The van der Waals surface area contributed by atoms with Crippen LogP contribution < -0.4 is 24.3 Å². The summed E-state index contributed by atoms with van der Waals surface area (Å²) in [6, 6.07) is 11.4. The normalized spacial score (nSPS) is 16.1. The van der Waals surface area contributed by atoms with Gasteiger partial charge in [-0.15, -0.1) is 0 Å². The molecule has 4 rings (SSSR count).